The Morgan fingerprint density at radius 3 is 3.00 bits per heavy atom. The van der Waals surface area contributed by atoms with Crippen molar-refractivity contribution in [1.29, 1.82) is 0 Å². The lowest BCUT2D eigenvalue weighted by molar-refractivity contribution is -0.133. The van der Waals surface area contributed by atoms with E-state index in [-0.39, 0.29) is 6.04 Å². The molecule has 0 saturated heterocycles. The summed E-state index contributed by atoms with van der Waals surface area (Å²) in [5, 5.41) is 1.31. The second-order valence-corrected chi connectivity index (χ2v) is 5.68. The van der Waals surface area contributed by atoms with E-state index < -0.39 is 0 Å². The maximum Gasteiger partial charge on any atom is 0.223 e. The van der Waals surface area contributed by atoms with Crippen LogP contribution in [0.2, 0.25) is 0 Å². The van der Waals surface area contributed by atoms with Gasteiger partial charge in [0.15, 0.2) is 0 Å². The highest BCUT2D eigenvalue weighted by atomic mass is 16.2. The van der Waals surface area contributed by atoms with Gasteiger partial charge < -0.3 is 9.88 Å². The normalized spacial score (nSPS) is 18.3. The molecule has 3 heteroatoms. The Morgan fingerprint density at radius 1 is 1.40 bits per heavy atom. The highest BCUT2D eigenvalue weighted by Crippen LogP contribution is 2.34. The van der Waals surface area contributed by atoms with Crippen LogP contribution in [0.3, 0.4) is 0 Å². The number of hydrogen-bond acceptors (Lipinski definition) is 1. The minimum Gasteiger partial charge on any atom is -0.356 e. The second kappa shape index (κ2) is 5.31. The van der Waals surface area contributed by atoms with Crippen LogP contribution in [0.5, 0.6) is 0 Å². The topological polar surface area (TPSA) is 36.1 Å². The van der Waals surface area contributed by atoms with Crippen molar-refractivity contribution >= 4 is 16.8 Å². The third-order valence-corrected chi connectivity index (χ3v) is 4.40. The van der Waals surface area contributed by atoms with Gasteiger partial charge in [0.25, 0.3) is 0 Å². The van der Waals surface area contributed by atoms with Crippen molar-refractivity contribution in [3.63, 3.8) is 0 Å². The lowest BCUT2D eigenvalue weighted by Gasteiger charge is -2.33. The average molecular weight is 270 g/mol. The van der Waals surface area contributed by atoms with E-state index in [0.29, 0.717) is 12.3 Å². The summed E-state index contributed by atoms with van der Waals surface area (Å²) < 4.78 is 0. The zero-order valence-corrected chi connectivity index (χ0v) is 12.3. The Morgan fingerprint density at radius 2 is 2.20 bits per heavy atom. The summed E-state index contributed by atoms with van der Waals surface area (Å²) in [5.74, 6) is 0.295. The maximum atomic E-state index is 12.3. The quantitative estimate of drug-likeness (QED) is 0.904. The van der Waals surface area contributed by atoms with Crippen LogP contribution in [0.15, 0.2) is 24.3 Å². The fourth-order valence-electron chi connectivity index (χ4n) is 3.24. The first-order chi connectivity index (χ1) is 9.72. The van der Waals surface area contributed by atoms with E-state index in [2.05, 4.69) is 43.1 Å². The number of hydrogen-bond donors (Lipinski definition) is 1. The van der Waals surface area contributed by atoms with Gasteiger partial charge in [0.1, 0.15) is 0 Å². The fraction of sp³-hybridized carbons (Fsp3) is 0.471. The molecule has 0 spiro atoms. The third-order valence-electron chi connectivity index (χ3n) is 4.40. The Balaban J connectivity index is 1.90. The minimum absolute atomic E-state index is 0.163. The van der Waals surface area contributed by atoms with Crippen LogP contribution in [0, 0.1) is 0 Å². The van der Waals surface area contributed by atoms with Gasteiger partial charge in [0.2, 0.25) is 5.91 Å². The van der Waals surface area contributed by atoms with Gasteiger partial charge in [0.05, 0.1) is 6.04 Å². The van der Waals surface area contributed by atoms with Crippen molar-refractivity contribution in [2.24, 2.45) is 0 Å². The first kappa shape index (κ1) is 13.2. The molecule has 0 bridgehead atoms. The Labute approximate surface area is 120 Å². The molecule has 0 unspecified atom stereocenters. The smallest absolute Gasteiger partial charge is 0.223 e. The number of para-hydroxylation sites is 1. The molecule has 3 nitrogen and oxygen atoms in total. The van der Waals surface area contributed by atoms with Gasteiger partial charge in [0, 0.05) is 29.6 Å². The number of benzene rings is 1. The van der Waals surface area contributed by atoms with Crippen LogP contribution in [0.25, 0.3) is 10.9 Å². The number of carbonyl (C=O) groups is 1. The van der Waals surface area contributed by atoms with Gasteiger partial charge in [-0.3, -0.25) is 4.79 Å². The Bertz CT molecular complexity index is 629. The predicted octanol–water partition coefficient (Wildman–Crippen LogP) is 3.80. The number of nitrogens with one attached hydrogen (secondary N) is 1. The molecule has 3 rings (SSSR count). The van der Waals surface area contributed by atoms with Crippen molar-refractivity contribution in [2.75, 3.05) is 6.54 Å². The summed E-state index contributed by atoms with van der Waals surface area (Å²) in [4.78, 5) is 17.9. The van der Waals surface area contributed by atoms with Crippen LogP contribution in [-0.4, -0.2) is 22.3 Å². The number of aromatic amines is 1. The Hall–Kier alpha value is -1.77. The molecule has 1 aliphatic rings. The Kier molecular flexibility index (Phi) is 3.51. The van der Waals surface area contributed by atoms with E-state index in [1.807, 2.05) is 4.90 Å². The molecule has 0 saturated carbocycles. The first-order valence-corrected chi connectivity index (χ1v) is 7.61. The van der Waals surface area contributed by atoms with Crippen molar-refractivity contribution < 1.29 is 4.79 Å². The summed E-state index contributed by atoms with van der Waals surface area (Å²) in [7, 11) is 0. The molecule has 1 atom stereocenters. The van der Waals surface area contributed by atoms with Crippen LogP contribution < -0.4 is 0 Å². The molecule has 1 aliphatic heterocycles. The van der Waals surface area contributed by atoms with Gasteiger partial charge in [-0.15, -0.1) is 0 Å². The summed E-state index contributed by atoms with van der Waals surface area (Å²) in [6.45, 7) is 5.11. The summed E-state index contributed by atoms with van der Waals surface area (Å²) in [6, 6.07) is 8.59. The first-order valence-electron chi connectivity index (χ1n) is 7.61. The van der Waals surface area contributed by atoms with Crippen molar-refractivity contribution in [3.8, 4) is 0 Å². The summed E-state index contributed by atoms with van der Waals surface area (Å²) >= 11 is 0. The standard InChI is InChI=1S/C17H22N2O/c1-3-4-9-16(20)19-11-10-14-13-7-5-6-8-15(13)18-17(14)12(19)2/h5-8,12,18H,3-4,9-11H2,1-2H3/t12-/m1/s1. The lowest BCUT2D eigenvalue weighted by atomic mass is 9.98. The molecule has 106 valence electrons. The number of fused-ring (bicyclic) bond motifs is 3. The zero-order chi connectivity index (χ0) is 14.1. The molecule has 2 aromatic rings. The van der Waals surface area contributed by atoms with Gasteiger partial charge >= 0.3 is 0 Å². The second-order valence-electron chi connectivity index (χ2n) is 5.68. The molecule has 1 N–H and O–H groups in total. The number of unbranched alkanes of at least 4 members (excludes halogenated alkanes) is 1. The molecule has 0 radical (unpaired) electrons. The number of nitrogens with zero attached hydrogens (tertiary/aromatic N) is 1. The van der Waals surface area contributed by atoms with Gasteiger partial charge in [-0.1, -0.05) is 31.5 Å². The van der Waals surface area contributed by atoms with Gasteiger partial charge in [-0.05, 0) is 31.4 Å². The number of rotatable bonds is 3. The van der Waals surface area contributed by atoms with Crippen LogP contribution in [-0.2, 0) is 11.2 Å². The van der Waals surface area contributed by atoms with E-state index in [1.165, 1.54) is 22.2 Å². The van der Waals surface area contributed by atoms with Crippen LogP contribution in [0.4, 0.5) is 0 Å². The van der Waals surface area contributed by atoms with E-state index in [4.69, 9.17) is 0 Å². The molecule has 0 fully saturated rings. The van der Waals surface area contributed by atoms with Crippen molar-refractivity contribution in [2.45, 2.75) is 45.6 Å². The molecule has 1 amide bonds. The largest absolute Gasteiger partial charge is 0.356 e. The number of carbonyl (C=O) groups excluding carboxylic acids is 1. The molecular weight excluding hydrogens is 248 g/mol. The average Bonchev–Trinajstić information content (AvgIpc) is 2.85. The summed E-state index contributed by atoms with van der Waals surface area (Å²) in [5.41, 5.74) is 3.81. The highest BCUT2D eigenvalue weighted by Gasteiger charge is 2.29. The fourth-order valence-corrected chi connectivity index (χ4v) is 3.24. The van der Waals surface area contributed by atoms with E-state index >= 15 is 0 Å². The molecule has 0 aliphatic carbocycles. The number of H-pyrrole nitrogens is 1. The number of amides is 1. The van der Waals surface area contributed by atoms with E-state index in [0.717, 1.165) is 25.8 Å². The van der Waals surface area contributed by atoms with E-state index in [1.54, 1.807) is 0 Å². The molecule has 2 heterocycles. The maximum absolute atomic E-state index is 12.3. The SMILES string of the molecule is CCCCC(=O)N1CCc2c([nH]c3ccccc23)[C@H]1C. The van der Waals surface area contributed by atoms with Crippen LogP contribution in [0.1, 0.15) is 50.4 Å². The predicted molar refractivity (Wildman–Crippen MR) is 81.7 cm³/mol. The molecule has 20 heavy (non-hydrogen) atoms. The molecular formula is C17H22N2O. The highest BCUT2D eigenvalue weighted by molar-refractivity contribution is 5.86. The van der Waals surface area contributed by atoms with E-state index in [9.17, 15) is 4.79 Å². The lowest BCUT2D eigenvalue weighted by Crippen LogP contribution is -2.38. The van der Waals surface area contributed by atoms with Gasteiger partial charge in [-0.25, -0.2) is 0 Å². The number of aromatic nitrogens is 1. The van der Waals surface area contributed by atoms with Crippen LogP contribution >= 0.6 is 0 Å². The summed E-state index contributed by atoms with van der Waals surface area (Å²) in [6.07, 6.45) is 3.70. The van der Waals surface area contributed by atoms with Crippen molar-refractivity contribution in [1.82, 2.24) is 9.88 Å². The molecule has 1 aromatic heterocycles. The monoisotopic (exact) mass is 270 g/mol. The third kappa shape index (κ3) is 2.11. The molecule has 1 aromatic carbocycles. The van der Waals surface area contributed by atoms with Crippen molar-refractivity contribution in [3.05, 3.63) is 35.5 Å². The van der Waals surface area contributed by atoms with Gasteiger partial charge in [-0.2, -0.15) is 0 Å². The minimum atomic E-state index is 0.163. The zero-order valence-electron chi connectivity index (χ0n) is 12.3.